The minimum atomic E-state index is -0.148. The topological polar surface area (TPSA) is 46.9 Å². The van der Waals surface area contributed by atoms with Crippen molar-refractivity contribution in [2.45, 2.75) is 13.5 Å². The highest BCUT2D eigenvalue weighted by atomic mass is 35.5. The Balaban J connectivity index is 1.79. The Labute approximate surface area is 139 Å². The summed E-state index contributed by atoms with van der Waals surface area (Å²) in [4.78, 5) is 16.5. The number of rotatable bonds is 4. The third-order valence-electron chi connectivity index (χ3n) is 3.60. The van der Waals surface area contributed by atoms with Crippen LogP contribution in [0, 0.1) is 6.92 Å². The van der Waals surface area contributed by atoms with Crippen LogP contribution >= 0.6 is 11.6 Å². The third-order valence-corrected chi connectivity index (χ3v) is 3.84. The summed E-state index contributed by atoms with van der Waals surface area (Å²) in [5, 5.41) is 3.48. The van der Waals surface area contributed by atoms with Crippen LogP contribution in [0.25, 0.3) is 5.69 Å². The van der Waals surface area contributed by atoms with E-state index in [0.29, 0.717) is 17.1 Å². The van der Waals surface area contributed by atoms with Gasteiger partial charge in [0.15, 0.2) is 0 Å². The summed E-state index contributed by atoms with van der Waals surface area (Å²) in [6.07, 6.45) is 3.67. The summed E-state index contributed by atoms with van der Waals surface area (Å²) < 4.78 is 2.00. The van der Waals surface area contributed by atoms with Crippen molar-refractivity contribution >= 4 is 17.5 Å². The molecule has 1 N–H and O–H groups in total. The van der Waals surface area contributed by atoms with Crippen molar-refractivity contribution < 1.29 is 4.79 Å². The van der Waals surface area contributed by atoms with Crippen molar-refractivity contribution in [3.8, 4) is 5.69 Å². The Hall–Kier alpha value is -2.59. The van der Waals surface area contributed by atoms with Gasteiger partial charge in [0.1, 0.15) is 5.82 Å². The van der Waals surface area contributed by atoms with Gasteiger partial charge in [-0.05, 0) is 36.8 Å². The fraction of sp³-hybridized carbons (Fsp3) is 0.111. The zero-order chi connectivity index (χ0) is 16.2. The Morgan fingerprint density at radius 2 is 2.04 bits per heavy atom. The van der Waals surface area contributed by atoms with E-state index in [-0.39, 0.29) is 5.91 Å². The molecule has 23 heavy (non-hydrogen) atoms. The van der Waals surface area contributed by atoms with Crippen LogP contribution in [-0.4, -0.2) is 15.5 Å². The molecule has 0 aliphatic carbocycles. The fourth-order valence-corrected chi connectivity index (χ4v) is 2.63. The molecule has 2 aromatic carbocycles. The highest BCUT2D eigenvalue weighted by Gasteiger charge is 2.09. The molecule has 0 aliphatic heterocycles. The van der Waals surface area contributed by atoms with E-state index in [1.807, 2.05) is 42.0 Å². The highest BCUT2D eigenvalue weighted by molar-refractivity contribution is 6.30. The molecule has 5 heteroatoms. The van der Waals surface area contributed by atoms with Crippen molar-refractivity contribution in [3.63, 3.8) is 0 Å². The lowest BCUT2D eigenvalue weighted by atomic mass is 10.1. The largest absolute Gasteiger partial charge is 0.348 e. The first kappa shape index (κ1) is 15.3. The monoisotopic (exact) mass is 325 g/mol. The zero-order valence-electron chi connectivity index (χ0n) is 12.7. The highest BCUT2D eigenvalue weighted by Crippen LogP contribution is 2.16. The van der Waals surface area contributed by atoms with Crippen LogP contribution in [0.15, 0.2) is 60.9 Å². The van der Waals surface area contributed by atoms with E-state index >= 15 is 0 Å². The van der Waals surface area contributed by atoms with Gasteiger partial charge in [0.25, 0.3) is 5.91 Å². The molecular formula is C18H16ClN3O. The second kappa shape index (κ2) is 6.67. The summed E-state index contributed by atoms with van der Waals surface area (Å²) in [6.45, 7) is 2.38. The van der Waals surface area contributed by atoms with Gasteiger partial charge in [-0.25, -0.2) is 4.98 Å². The molecule has 0 aliphatic rings. The maximum Gasteiger partial charge on any atom is 0.251 e. The molecule has 0 saturated heterocycles. The van der Waals surface area contributed by atoms with Crippen molar-refractivity contribution in [2.75, 3.05) is 0 Å². The number of aromatic nitrogens is 2. The van der Waals surface area contributed by atoms with Crippen molar-refractivity contribution in [1.29, 1.82) is 0 Å². The van der Waals surface area contributed by atoms with Gasteiger partial charge in [0.05, 0.1) is 5.69 Å². The third kappa shape index (κ3) is 3.43. The maximum absolute atomic E-state index is 12.2. The van der Waals surface area contributed by atoms with Crippen LogP contribution in [0.4, 0.5) is 0 Å². The first-order valence-corrected chi connectivity index (χ1v) is 7.65. The summed E-state index contributed by atoms with van der Waals surface area (Å²) in [5.41, 5.74) is 2.58. The number of halogens is 1. The molecule has 0 atom stereocenters. The lowest BCUT2D eigenvalue weighted by Crippen LogP contribution is -2.23. The number of nitrogens with zero attached hydrogens (tertiary/aromatic N) is 2. The lowest BCUT2D eigenvalue weighted by Gasteiger charge is -2.12. The van der Waals surface area contributed by atoms with Crippen molar-refractivity contribution in [2.24, 2.45) is 0 Å². The Kier molecular flexibility index (Phi) is 4.44. The zero-order valence-corrected chi connectivity index (χ0v) is 13.4. The van der Waals surface area contributed by atoms with Gasteiger partial charge in [-0.2, -0.15) is 0 Å². The standard InChI is InChI=1S/C18H16ClN3O/c1-13-20-9-10-22(13)17-8-3-2-5-15(17)12-21-18(23)14-6-4-7-16(19)11-14/h2-11H,12H2,1H3,(H,21,23). The van der Waals surface area contributed by atoms with Crippen LogP contribution in [0.2, 0.25) is 5.02 Å². The Morgan fingerprint density at radius 1 is 1.22 bits per heavy atom. The van der Waals surface area contributed by atoms with Crippen LogP contribution < -0.4 is 5.32 Å². The Bertz CT molecular complexity index is 842. The van der Waals surface area contributed by atoms with E-state index in [2.05, 4.69) is 10.3 Å². The number of carbonyl (C=O) groups excluding carboxylic acids is 1. The SMILES string of the molecule is Cc1nccn1-c1ccccc1CNC(=O)c1cccc(Cl)c1. The number of hydrogen-bond donors (Lipinski definition) is 1. The molecule has 0 radical (unpaired) electrons. The molecule has 0 spiro atoms. The van der Waals surface area contributed by atoms with Gasteiger partial charge in [0, 0.05) is 29.5 Å². The predicted octanol–water partition coefficient (Wildman–Crippen LogP) is 3.76. The molecule has 1 heterocycles. The molecule has 3 aromatic rings. The number of carbonyl (C=O) groups is 1. The summed E-state index contributed by atoms with van der Waals surface area (Å²) in [6, 6.07) is 14.8. The number of aryl methyl sites for hydroxylation is 1. The molecule has 0 unspecified atom stereocenters. The van der Waals surface area contributed by atoms with E-state index in [1.165, 1.54) is 0 Å². The number of amides is 1. The van der Waals surface area contributed by atoms with Crippen LogP contribution in [-0.2, 0) is 6.54 Å². The predicted molar refractivity (Wildman–Crippen MR) is 90.9 cm³/mol. The van der Waals surface area contributed by atoms with E-state index in [0.717, 1.165) is 17.1 Å². The first-order chi connectivity index (χ1) is 11.1. The number of para-hydroxylation sites is 1. The molecule has 0 bridgehead atoms. The van der Waals surface area contributed by atoms with Crippen molar-refractivity contribution in [1.82, 2.24) is 14.9 Å². The molecule has 1 amide bonds. The van der Waals surface area contributed by atoms with Crippen molar-refractivity contribution in [3.05, 3.63) is 82.9 Å². The maximum atomic E-state index is 12.2. The number of imidazole rings is 1. The molecule has 0 fully saturated rings. The minimum Gasteiger partial charge on any atom is -0.348 e. The number of nitrogens with one attached hydrogen (secondary N) is 1. The van der Waals surface area contributed by atoms with E-state index in [9.17, 15) is 4.79 Å². The first-order valence-electron chi connectivity index (χ1n) is 7.27. The molecule has 3 rings (SSSR count). The van der Waals surface area contributed by atoms with Gasteiger partial charge >= 0.3 is 0 Å². The lowest BCUT2D eigenvalue weighted by molar-refractivity contribution is 0.0951. The number of benzene rings is 2. The van der Waals surface area contributed by atoms with Gasteiger partial charge < -0.3 is 9.88 Å². The van der Waals surface area contributed by atoms with E-state index in [4.69, 9.17) is 11.6 Å². The van der Waals surface area contributed by atoms with Crippen LogP contribution in [0.5, 0.6) is 0 Å². The summed E-state index contributed by atoms with van der Waals surface area (Å²) in [5.74, 6) is 0.753. The van der Waals surface area contributed by atoms with Crippen LogP contribution in [0.3, 0.4) is 0 Å². The van der Waals surface area contributed by atoms with E-state index < -0.39 is 0 Å². The van der Waals surface area contributed by atoms with Gasteiger partial charge in [-0.3, -0.25) is 4.79 Å². The average molecular weight is 326 g/mol. The summed E-state index contributed by atoms with van der Waals surface area (Å²) >= 11 is 5.93. The minimum absolute atomic E-state index is 0.148. The molecule has 4 nitrogen and oxygen atoms in total. The smallest absolute Gasteiger partial charge is 0.251 e. The fourth-order valence-electron chi connectivity index (χ4n) is 2.44. The molecule has 0 saturated carbocycles. The Morgan fingerprint density at radius 3 is 2.78 bits per heavy atom. The number of hydrogen-bond acceptors (Lipinski definition) is 2. The second-order valence-corrected chi connectivity index (χ2v) is 5.60. The van der Waals surface area contributed by atoms with Gasteiger partial charge in [-0.15, -0.1) is 0 Å². The van der Waals surface area contributed by atoms with Gasteiger partial charge in [0.2, 0.25) is 0 Å². The summed E-state index contributed by atoms with van der Waals surface area (Å²) in [7, 11) is 0. The molecule has 1 aromatic heterocycles. The normalized spacial score (nSPS) is 10.5. The second-order valence-electron chi connectivity index (χ2n) is 5.17. The molecular weight excluding hydrogens is 310 g/mol. The average Bonchev–Trinajstić information content (AvgIpc) is 2.99. The van der Waals surface area contributed by atoms with E-state index in [1.54, 1.807) is 30.5 Å². The quantitative estimate of drug-likeness (QED) is 0.793. The van der Waals surface area contributed by atoms with Crippen LogP contribution in [0.1, 0.15) is 21.7 Å². The van der Waals surface area contributed by atoms with Gasteiger partial charge in [-0.1, -0.05) is 35.9 Å². The molecule has 116 valence electrons.